The molecule has 1 saturated heterocycles. The van der Waals surface area contributed by atoms with Gasteiger partial charge in [0.2, 0.25) is 0 Å². The van der Waals surface area contributed by atoms with E-state index in [1.54, 1.807) is 0 Å². The van der Waals surface area contributed by atoms with E-state index in [0.717, 1.165) is 25.6 Å². The van der Waals surface area contributed by atoms with Crippen LogP contribution in [0.25, 0.3) is 0 Å². The normalized spacial score (nSPS) is 20.3. The molecule has 0 aromatic rings. The first kappa shape index (κ1) is 8.53. The van der Waals surface area contributed by atoms with E-state index in [0.29, 0.717) is 0 Å². The summed E-state index contributed by atoms with van der Waals surface area (Å²) >= 11 is 0. The van der Waals surface area contributed by atoms with Gasteiger partial charge < -0.3 is 10.2 Å². The standard InChI is InChI=1S/C8H17N3/c1-10-6-8-2-4-11(7-9)5-3-8/h7-10H,2-6H2,1H3. The number of hydrogen-bond acceptors (Lipinski definition) is 2. The summed E-state index contributed by atoms with van der Waals surface area (Å²) in [5, 5.41) is 10.2. The van der Waals surface area contributed by atoms with Gasteiger partial charge in [0.25, 0.3) is 0 Å². The Hall–Kier alpha value is -0.570. The zero-order valence-electron chi connectivity index (χ0n) is 7.14. The van der Waals surface area contributed by atoms with E-state index >= 15 is 0 Å². The van der Waals surface area contributed by atoms with Gasteiger partial charge in [-0.1, -0.05) is 0 Å². The summed E-state index contributed by atoms with van der Waals surface area (Å²) < 4.78 is 0. The molecule has 64 valence electrons. The molecule has 11 heavy (non-hydrogen) atoms. The number of likely N-dealkylation sites (tertiary alicyclic amines) is 1. The lowest BCUT2D eigenvalue weighted by Crippen LogP contribution is -2.35. The number of nitrogens with one attached hydrogen (secondary N) is 2. The number of hydrogen-bond donors (Lipinski definition) is 2. The average Bonchev–Trinajstić information content (AvgIpc) is 2.07. The fraction of sp³-hybridized carbons (Fsp3) is 0.875. The molecule has 0 aromatic heterocycles. The summed E-state index contributed by atoms with van der Waals surface area (Å²) in [6.45, 7) is 3.26. The van der Waals surface area contributed by atoms with Crippen molar-refractivity contribution in [3.05, 3.63) is 0 Å². The molecule has 0 unspecified atom stereocenters. The van der Waals surface area contributed by atoms with E-state index in [2.05, 4.69) is 10.2 Å². The highest BCUT2D eigenvalue weighted by molar-refractivity contribution is 5.50. The third kappa shape index (κ3) is 2.50. The molecule has 1 aliphatic rings. The Morgan fingerprint density at radius 2 is 2.18 bits per heavy atom. The van der Waals surface area contributed by atoms with Crippen molar-refractivity contribution in [2.24, 2.45) is 5.92 Å². The number of rotatable bonds is 3. The minimum absolute atomic E-state index is 0.830. The SMILES string of the molecule is CNCC1CCN(C=N)CC1. The van der Waals surface area contributed by atoms with Gasteiger partial charge in [-0.05, 0) is 32.4 Å². The second-order valence-electron chi connectivity index (χ2n) is 3.17. The van der Waals surface area contributed by atoms with Crippen LogP contribution in [0.3, 0.4) is 0 Å². The molecule has 0 spiro atoms. The summed E-state index contributed by atoms with van der Waals surface area (Å²) in [5.41, 5.74) is 0. The van der Waals surface area contributed by atoms with Crippen LogP contribution in [-0.4, -0.2) is 37.9 Å². The minimum atomic E-state index is 0.830. The van der Waals surface area contributed by atoms with Crippen molar-refractivity contribution in [1.29, 1.82) is 5.41 Å². The molecule has 1 fully saturated rings. The summed E-state index contributed by atoms with van der Waals surface area (Å²) in [4.78, 5) is 2.08. The van der Waals surface area contributed by atoms with Crippen LogP contribution in [0, 0.1) is 11.3 Å². The predicted octanol–water partition coefficient (Wildman–Crippen LogP) is 0.525. The van der Waals surface area contributed by atoms with Crippen molar-refractivity contribution in [3.63, 3.8) is 0 Å². The molecule has 1 rings (SSSR count). The Bertz CT molecular complexity index is 117. The average molecular weight is 155 g/mol. The van der Waals surface area contributed by atoms with Crippen molar-refractivity contribution < 1.29 is 0 Å². The third-order valence-corrected chi connectivity index (χ3v) is 2.32. The Morgan fingerprint density at radius 3 is 2.64 bits per heavy atom. The Kier molecular flexibility index (Phi) is 3.36. The lowest BCUT2D eigenvalue weighted by Gasteiger charge is -2.29. The predicted molar refractivity (Wildman–Crippen MR) is 47.0 cm³/mol. The van der Waals surface area contributed by atoms with Crippen molar-refractivity contribution in [1.82, 2.24) is 10.2 Å². The summed E-state index contributed by atoms with van der Waals surface area (Å²) in [6, 6.07) is 0. The van der Waals surface area contributed by atoms with Gasteiger partial charge in [-0.2, -0.15) is 0 Å². The van der Waals surface area contributed by atoms with Crippen LogP contribution in [-0.2, 0) is 0 Å². The maximum atomic E-state index is 7.05. The van der Waals surface area contributed by atoms with Gasteiger partial charge in [-0.3, -0.25) is 5.41 Å². The van der Waals surface area contributed by atoms with Crippen LogP contribution < -0.4 is 5.32 Å². The molecule has 0 bridgehead atoms. The molecule has 1 heterocycles. The van der Waals surface area contributed by atoms with Gasteiger partial charge in [0.05, 0.1) is 6.34 Å². The highest BCUT2D eigenvalue weighted by Crippen LogP contribution is 2.14. The second-order valence-corrected chi connectivity index (χ2v) is 3.17. The minimum Gasteiger partial charge on any atom is -0.363 e. The van der Waals surface area contributed by atoms with Crippen LogP contribution in [0.2, 0.25) is 0 Å². The molecule has 0 atom stereocenters. The van der Waals surface area contributed by atoms with Gasteiger partial charge in [0, 0.05) is 13.1 Å². The third-order valence-electron chi connectivity index (χ3n) is 2.32. The molecule has 0 amide bonds. The van der Waals surface area contributed by atoms with Crippen LogP contribution in [0.5, 0.6) is 0 Å². The molecule has 0 aliphatic carbocycles. The lowest BCUT2D eigenvalue weighted by atomic mass is 9.97. The second kappa shape index (κ2) is 4.34. The Morgan fingerprint density at radius 1 is 1.55 bits per heavy atom. The van der Waals surface area contributed by atoms with Crippen molar-refractivity contribution in [3.8, 4) is 0 Å². The summed E-state index contributed by atoms with van der Waals surface area (Å²) in [5.74, 6) is 0.830. The first-order valence-electron chi connectivity index (χ1n) is 4.26. The maximum Gasteiger partial charge on any atom is 0.0817 e. The van der Waals surface area contributed by atoms with E-state index in [4.69, 9.17) is 5.41 Å². The highest BCUT2D eigenvalue weighted by atomic mass is 15.1. The van der Waals surface area contributed by atoms with E-state index < -0.39 is 0 Å². The smallest absolute Gasteiger partial charge is 0.0817 e. The summed E-state index contributed by atoms with van der Waals surface area (Å²) in [7, 11) is 2.00. The Labute approximate surface area is 68.3 Å². The van der Waals surface area contributed by atoms with Gasteiger partial charge in [-0.25, -0.2) is 0 Å². The fourth-order valence-electron chi connectivity index (χ4n) is 1.57. The molecule has 0 saturated carbocycles. The zero-order chi connectivity index (χ0) is 8.10. The fourth-order valence-corrected chi connectivity index (χ4v) is 1.57. The van der Waals surface area contributed by atoms with Crippen LogP contribution in [0.1, 0.15) is 12.8 Å². The molecule has 3 nitrogen and oxygen atoms in total. The van der Waals surface area contributed by atoms with Crippen LogP contribution >= 0.6 is 0 Å². The van der Waals surface area contributed by atoms with E-state index in [-0.39, 0.29) is 0 Å². The van der Waals surface area contributed by atoms with Crippen LogP contribution in [0.4, 0.5) is 0 Å². The van der Waals surface area contributed by atoms with Crippen molar-refractivity contribution in [2.75, 3.05) is 26.7 Å². The van der Waals surface area contributed by atoms with E-state index in [1.165, 1.54) is 19.2 Å². The number of nitrogens with zero attached hydrogens (tertiary/aromatic N) is 1. The molecule has 0 aromatic carbocycles. The molecular weight excluding hydrogens is 138 g/mol. The molecule has 1 aliphatic heterocycles. The maximum absolute atomic E-state index is 7.05. The van der Waals surface area contributed by atoms with Crippen molar-refractivity contribution >= 4 is 6.34 Å². The van der Waals surface area contributed by atoms with E-state index in [1.807, 2.05) is 7.05 Å². The van der Waals surface area contributed by atoms with Gasteiger partial charge in [0.1, 0.15) is 0 Å². The van der Waals surface area contributed by atoms with Gasteiger partial charge >= 0.3 is 0 Å². The van der Waals surface area contributed by atoms with Crippen molar-refractivity contribution in [2.45, 2.75) is 12.8 Å². The number of piperidine rings is 1. The first-order valence-corrected chi connectivity index (χ1v) is 4.26. The first-order chi connectivity index (χ1) is 5.36. The topological polar surface area (TPSA) is 39.1 Å². The quantitative estimate of drug-likeness (QED) is 0.461. The highest BCUT2D eigenvalue weighted by Gasteiger charge is 2.15. The Balaban J connectivity index is 2.18. The monoisotopic (exact) mass is 155 g/mol. The molecule has 0 radical (unpaired) electrons. The largest absolute Gasteiger partial charge is 0.363 e. The zero-order valence-corrected chi connectivity index (χ0v) is 7.14. The molecule has 3 heteroatoms. The van der Waals surface area contributed by atoms with Gasteiger partial charge in [0.15, 0.2) is 0 Å². The molecular formula is C8H17N3. The van der Waals surface area contributed by atoms with Gasteiger partial charge in [-0.15, -0.1) is 0 Å². The molecule has 2 N–H and O–H groups in total. The summed E-state index contributed by atoms with van der Waals surface area (Å²) in [6.07, 6.45) is 3.92. The van der Waals surface area contributed by atoms with Crippen LogP contribution in [0.15, 0.2) is 0 Å². The lowest BCUT2D eigenvalue weighted by molar-refractivity contribution is 0.268. The van der Waals surface area contributed by atoms with E-state index in [9.17, 15) is 0 Å².